The van der Waals surface area contributed by atoms with Gasteiger partial charge in [0.1, 0.15) is 18.9 Å². The minimum atomic E-state index is -0.363. The molecule has 0 aliphatic carbocycles. The van der Waals surface area contributed by atoms with Gasteiger partial charge in [-0.1, -0.05) is 12.1 Å². The Morgan fingerprint density at radius 2 is 1.92 bits per heavy atom. The number of nitrogens with one attached hydrogen (secondary N) is 1. The van der Waals surface area contributed by atoms with Gasteiger partial charge in [-0.25, -0.2) is 4.39 Å². The standard InChI is InChI=1S/C17H13FN6O2/c18-12-7-5-11(6-8-12)17-20-22-24(21-17)10-16(26)23-9-15(25)19-13-3-1-2-4-14(13)23/h1-8H,9-10H2,(H,19,25). The molecule has 2 heterocycles. The number of benzene rings is 2. The van der Waals surface area contributed by atoms with Gasteiger partial charge < -0.3 is 5.32 Å². The topological polar surface area (TPSA) is 93.0 Å². The zero-order valence-electron chi connectivity index (χ0n) is 13.5. The number of tetrazole rings is 1. The molecule has 2 amide bonds. The van der Waals surface area contributed by atoms with Crippen LogP contribution in [0.2, 0.25) is 0 Å². The zero-order valence-corrected chi connectivity index (χ0v) is 13.5. The number of carbonyl (C=O) groups excluding carboxylic acids is 2. The summed E-state index contributed by atoms with van der Waals surface area (Å²) >= 11 is 0. The molecule has 0 unspecified atom stereocenters. The van der Waals surface area contributed by atoms with Gasteiger partial charge in [-0.15, -0.1) is 10.2 Å². The van der Waals surface area contributed by atoms with Crippen LogP contribution in [0.25, 0.3) is 11.4 Å². The molecule has 1 aliphatic heterocycles. The molecule has 26 heavy (non-hydrogen) atoms. The van der Waals surface area contributed by atoms with Gasteiger partial charge in [-0.3, -0.25) is 14.5 Å². The van der Waals surface area contributed by atoms with E-state index in [1.54, 1.807) is 24.3 Å². The summed E-state index contributed by atoms with van der Waals surface area (Å²) in [5.41, 5.74) is 1.79. The maximum absolute atomic E-state index is 13.0. The molecule has 9 heteroatoms. The van der Waals surface area contributed by atoms with Crippen LogP contribution in [0.1, 0.15) is 0 Å². The number of aromatic nitrogens is 4. The summed E-state index contributed by atoms with van der Waals surface area (Å²) < 4.78 is 13.0. The minimum absolute atomic E-state index is 0.0740. The van der Waals surface area contributed by atoms with Gasteiger partial charge in [0, 0.05) is 5.56 Å². The van der Waals surface area contributed by atoms with Gasteiger partial charge in [0.15, 0.2) is 0 Å². The summed E-state index contributed by atoms with van der Waals surface area (Å²) in [5.74, 6) is -0.682. The second-order valence-electron chi connectivity index (χ2n) is 5.70. The van der Waals surface area contributed by atoms with Crippen molar-refractivity contribution in [2.75, 3.05) is 16.8 Å². The summed E-state index contributed by atoms with van der Waals surface area (Å²) in [6, 6.07) is 12.7. The van der Waals surface area contributed by atoms with Gasteiger partial charge in [-0.05, 0) is 41.6 Å². The Morgan fingerprint density at radius 1 is 1.15 bits per heavy atom. The first kappa shape index (κ1) is 15.9. The molecule has 0 fully saturated rings. The van der Waals surface area contributed by atoms with Crippen LogP contribution in [0, 0.1) is 5.82 Å². The first-order valence-corrected chi connectivity index (χ1v) is 7.83. The molecule has 1 N–H and O–H groups in total. The Morgan fingerprint density at radius 3 is 2.73 bits per heavy atom. The Bertz CT molecular complexity index is 985. The lowest BCUT2D eigenvalue weighted by Gasteiger charge is -2.28. The highest BCUT2D eigenvalue weighted by molar-refractivity contribution is 6.09. The van der Waals surface area contributed by atoms with Crippen molar-refractivity contribution >= 4 is 23.2 Å². The van der Waals surface area contributed by atoms with E-state index >= 15 is 0 Å². The predicted octanol–water partition coefficient (Wildman–Crippen LogP) is 1.46. The molecule has 4 rings (SSSR count). The molecule has 0 spiro atoms. The molecule has 8 nitrogen and oxygen atoms in total. The van der Waals surface area contributed by atoms with Gasteiger partial charge in [0.05, 0.1) is 11.4 Å². The fourth-order valence-corrected chi connectivity index (χ4v) is 2.69. The van der Waals surface area contributed by atoms with Crippen LogP contribution in [-0.4, -0.2) is 38.6 Å². The van der Waals surface area contributed by atoms with Crippen LogP contribution in [0.3, 0.4) is 0 Å². The second kappa shape index (κ2) is 6.36. The summed E-state index contributed by atoms with van der Waals surface area (Å²) in [6.07, 6.45) is 0. The smallest absolute Gasteiger partial charge is 0.251 e. The van der Waals surface area contributed by atoms with E-state index in [9.17, 15) is 14.0 Å². The molecule has 3 aromatic rings. The fourth-order valence-electron chi connectivity index (χ4n) is 2.69. The lowest BCUT2D eigenvalue weighted by molar-refractivity contribution is -0.122. The Balaban J connectivity index is 1.54. The van der Waals surface area contributed by atoms with E-state index in [0.717, 1.165) is 4.80 Å². The molecule has 0 radical (unpaired) electrons. The summed E-state index contributed by atoms with van der Waals surface area (Å²) in [4.78, 5) is 27.0. The molecule has 130 valence electrons. The number of hydrogen-bond acceptors (Lipinski definition) is 5. The largest absolute Gasteiger partial charge is 0.323 e. The van der Waals surface area contributed by atoms with Gasteiger partial charge >= 0.3 is 0 Å². The van der Waals surface area contributed by atoms with Crippen LogP contribution < -0.4 is 10.2 Å². The molecule has 0 bridgehead atoms. The van der Waals surface area contributed by atoms with E-state index in [1.807, 2.05) is 0 Å². The van der Waals surface area contributed by atoms with Gasteiger partial charge in [0.2, 0.25) is 11.7 Å². The third-order valence-corrected chi connectivity index (χ3v) is 3.90. The number of rotatable bonds is 3. The second-order valence-corrected chi connectivity index (χ2v) is 5.70. The number of anilines is 2. The van der Waals surface area contributed by atoms with Crippen molar-refractivity contribution in [3.05, 3.63) is 54.3 Å². The van der Waals surface area contributed by atoms with Crippen molar-refractivity contribution in [2.24, 2.45) is 0 Å². The number of nitrogens with zero attached hydrogens (tertiary/aromatic N) is 5. The number of para-hydroxylation sites is 2. The normalized spacial score (nSPS) is 13.3. The lowest BCUT2D eigenvalue weighted by atomic mass is 10.2. The molecule has 2 aromatic carbocycles. The Kier molecular flexibility index (Phi) is 3.88. The highest BCUT2D eigenvalue weighted by Gasteiger charge is 2.27. The first-order chi connectivity index (χ1) is 12.6. The number of carbonyl (C=O) groups is 2. The van der Waals surface area contributed by atoms with Crippen LogP contribution in [0.5, 0.6) is 0 Å². The minimum Gasteiger partial charge on any atom is -0.323 e. The maximum atomic E-state index is 13.0. The van der Waals surface area contributed by atoms with Crippen molar-refractivity contribution in [3.63, 3.8) is 0 Å². The molecule has 1 aromatic heterocycles. The van der Waals surface area contributed by atoms with Crippen molar-refractivity contribution < 1.29 is 14.0 Å². The van der Waals surface area contributed by atoms with Crippen LogP contribution in [0.15, 0.2) is 48.5 Å². The highest BCUT2D eigenvalue weighted by Crippen LogP contribution is 2.29. The third kappa shape index (κ3) is 3.02. The third-order valence-electron chi connectivity index (χ3n) is 3.90. The van der Waals surface area contributed by atoms with Crippen LogP contribution in [-0.2, 0) is 16.1 Å². The highest BCUT2D eigenvalue weighted by atomic mass is 19.1. The summed E-state index contributed by atoms with van der Waals surface area (Å²) in [6.45, 7) is -0.245. The zero-order chi connectivity index (χ0) is 18.1. The number of halogens is 1. The van der Waals surface area contributed by atoms with Crippen LogP contribution >= 0.6 is 0 Å². The van der Waals surface area contributed by atoms with Crippen molar-refractivity contribution in [1.29, 1.82) is 0 Å². The van der Waals surface area contributed by atoms with E-state index in [0.29, 0.717) is 16.9 Å². The van der Waals surface area contributed by atoms with Gasteiger partial charge in [0.25, 0.3) is 5.91 Å². The quantitative estimate of drug-likeness (QED) is 0.770. The predicted molar refractivity (Wildman–Crippen MR) is 90.6 cm³/mol. The lowest BCUT2D eigenvalue weighted by Crippen LogP contribution is -2.43. The average molecular weight is 352 g/mol. The van der Waals surface area contributed by atoms with E-state index in [1.165, 1.54) is 29.2 Å². The molecular weight excluding hydrogens is 339 g/mol. The van der Waals surface area contributed by atoms with Crippen molar-refractivity contribution in [1.82, 2.24) is 20.2 Å². The van der Waals surface area contributed by atoms with Crippen LogP contribution in [0.4, 0.5) is 15.8 Å². The average Bonchev–Trinajstić information content (AvgIpc) is 3.10. The maximum Gasteiger partial charge on any atom is 0.251 e. The molecular formula is C17H13FN6O2. The Hall–Kier alpha value is -3.62. The van der Waals surface area contributed by atoms with Gasteiger partial charge in [-0.2, -0.15) is 4.80 Å². The summed E-state index contributed by atoms with van der Waals surface area (Å²) in [7, 11) is 0. The fraction of sp³-hybridized carbons (Fsp3) is 0.118. The molecule has 0 atom stereocenters. The number of amides is 2. The molecule has 1 aliphatic rings. The van der Waals surface area contributed by atoms with E-state index in [2.05, 4.69) is 20.7 Å². The molecule has 0 saturated carbocycles. The summed E-state index contributed by atoms with van der Waals surface area (Å²) in [5, 5.41) is 14.6. The first-order valence-electron chi connectivity index (χ1n) is 7.83. The van der Waals surface area contributed by atoms with Crippen molar-refractivity contribution in [2.45, 2.75) is 6.54 Å². The Labute approximate surface area is 147 Å². The number of hydrogen-bond donors (Lipinski definition) is 1. The number of fused-ring (bicyclic) bond motifs is 1. The molecule has 0 saturated heterocycles. The SMILES string of the molecule is O=C1CN(C(=O)Cn2nnc(-c3ccc(F)cc3)n2)c2ccccc2N1. The van der Waals surface area contributed by atoms with E-state index in [4.69, 9.17) is 0 Å². The van der Waals surface area contributed by atoms with E-state index < -0.39 is 0 Å². The van der Waals surface area contributed by atoms with Crippen molar-refractivity contribution in [3.8, 4) is 11.4 Å². The van der Waals surface area contributed by atoms with E-state index in [-0.39, 0.29) is 36.5 Å². The monoisotopic (exact) mass is 352 g/mol.